The first-order valence-corrected chi connectivity index (χ1v) is 4.86. The van der Waals surface area contributed by atoms with Crippen LogP contribution in [-0.2, 0) is 0 Å². The van der Waals surface area contributed by atoms with E-state index in [1.165, 1.54) is 38.5 Å². The van der Waals surface area contributed by atoms with Crippen molar-refractivity contribution in [3.63, 3.8) is 0 Å². The van der Waals surface area contributed by atoms with E-state index in [2.05, 4.69) is 13.8 Å². The van der Waals surface area contributed by atoms with Gasteiger partial charge in [-0.05, 0) is 11.8 Å². The Morgan fingerprint density at radius 3 is 1.07 bits per heavy atom. The van der Waals surface area contributed by atoms with E-state index in [0.717, 1.165) is 11.8 Å². The lowest BCUT2D eigenvalue weighted by Gasteiger charge is -2.26. The summed E-state index contributed by atoms with van der Waals surface area (Å²) in [6, 6.07) is 0. The highest BCUT2D eigenvalue weighted by atomic mass is 14.2. The van der Waals surface area contributed by atoms with E-state index in [-0.39, 0.29) is 31.1 Å². The van der Waals surface area contributed by atoms with Crippen molar-refractivity contribution >= 4 is 0 Å². The van der Waals surface area contributed by atoms with Gasteiger partial charge >= 0.3 is 0 Å². The van der Waals surface area contributed by atoms with Crippen LogP contribution in [0.2, 0.25) is 0 Å². The Balaban J connectivity index is -0.0000000667. The summed E-state index contributed by atoms with van der Waals surface area (Å²) in [6.07, 6.45) is 8.86. The minimum Gasteiger partial charge on any atom is -0.0776 e. The highest BCUT2D eigenvalue weighted by molar-refractivity contribution is 4.70. The van der Waals surface area contributed by atoms with Crippen molar-refractivity contribution < 1.29 is 1.43 Å². The lowest BCUT2D eigenvalue weighted by molar-refractivity contribution is 0.264. The molecule has 1 aliphatic carbocycles. The molecule has 0 nitrogen and oxygen atoms in total. The average molecular weight is 206 g/mol. The van der Waals surface area contributed by atoms with E-state index in [1.807, 2.05) is 0 Å². The number of rotatable bonds is 2. The second kappa shape index (κ2) is 13.0. The maximum absolute atomic E-state index is 2.33. The van der Waals surface area contributed by atoms with Crippen molar-refractivity contribution in [3.05, 3.63) is 0 Å². The fourth-order valence-electron chi connectivity index (χ4n) is 2.05. The summed E-state index contributed by atoms with van der Waals surface area (Å²) in [7, 11) is 0. The van der Waals surface area contributed by atoms with Gasteiger partial charge in [0.25, 0.3) is 0 Å². The van der Waals surface area contributed by atoms with Gasteiger partial charge in [-0.15, -0.1) is 0 Å². The normalized spacial score (nSPS) is 24.4. The topological polar surface area (TPSA) is 0 Å². The monoisotopic (exact) mass is 206 g/mol. The fourth-order valence-corrected chi connectivity index (χ4v) is 2.05. The van der Waals surface area contributed by atoms with Gasteiger partial charge in [-0.25, -0.2) is 0 Å². The molecule has 1 aliphatic rings. The molecule has 0 aromatic rings. The minimum atomic E-state index is 0. The molecule has 0 bridgehead atoms. The van der Waals surface area contributed by atoms with E-state index >= 15 is 0 Å². The Morgan fingerprint density at radius 2 is 0.929 bits per heavy atom. The Morgan fingerprint density at radius 1 is 0.714 bits per heavy atom. The molecule has 0 N–H and O–H groups in total. The van der Waals surface area contributed by atoms with Crippen LogP contribution in [-0.4, -0.2) is 0 Å². The van der Waals surface area contributed by atoms with Crippen LogP contribution in [0.4, 0.5) is 0 Å². The maximum atomic E-state index is 2.33. The molecule has 0 aromatic heterocycles. The third kappa shape index (κ3) is 7.41. The molecule has 0 atom stereocenters. The van der Waals surface area contributed by atoms with E-state index in [1.54, 1.807) is 0 Å². The second-order valence-corrected chi connectivity index (χ2v) is 3.70. The Hall–Kier alpha value is 0. The van der Waals surface area contributed by atoms with Crippen molar-refractivity contribution in [2.24, 2.45) is 11.8 Å². The molecule has 0 heterocycles. The fraction of sp³-hybridized carbons (Fsp3) is 1.00. The van der Waals surface area contributed by atoms with E-state index < -0.39 is 0 Å². The zero-order valence-electron chi connectivity index (χ0n) is 7.40. The van der Waals surface area contributed by atoms with Gasteiger partial charge in [0.15, 0.2) is 0 Å². The summed E-state index contributed by atoms with van der Waals surface area (Å²) in [5.74, 6) is 2.14. The maximum Gasteiger partial charge on any atom is 0 e. The van der Waals surface area contributed by atoms with Crippen molar-refractivity contribution in [1.29, 1.82) is 0 Å². The molecule has 0 amide bonds. The molecule has 0 aromatic carbocycles. The quantitative estimate of drug-likeness (QED) is 0.490. The standard InChI is InChI=1S/C10H20.4CH4.H2/c1-3-9-5-7-10(4-2)8-6-9;;;;;/h9-10H,3-8H2,1-2H3;4*1H4;1H. The van der Waals surface area contributed by atoms with Crippen molar-refractivity contribution in [2.75, 3.05) is 0 Å². The molecule has 0 heteroatoms. The molecule has 1 fully saturated rings. The van der Waals surface area contributed by atoms with E-state index in [0.29, 0.717) is 0 Å². The molecule has 94 valence electrons. The lowest BCUT2D eigenvalue weighted by Crippen LogP contribution is -2.12. The number of hydrogen-bond donors (Lipinski definition) is 0. The smallest absolute Gasteiger partial charge is 0 e. The molecule has 14 heavy (non-hydrogen) atoms. The summed E-state index contributed by atoms with van der Waals surface area (Å²) in [5.41, 5.74) is 0. The summed E-state index contributed by atoms with van der Waals surface area (Å²) in [6.45, 7) is 4.66. The Kier molecular flexibility index (Phi) is 22.0. The summed E-state index contributed by atoms with van der Waals surface area (Å²) >= 11 is 0. The van der Waals surface area contributed by atoms with Crippen LogP contribution >= 0.6 is 0 Å². The predicted octanol–water partition coefficient (Wildman–Crippen LogP) is 6.40. The minimum absolute atomic E-state index is 0. The van der Waals surface area contributed by atoms with Crippen LogP contribution in [0.1, 0.15) is 83.5 Å². The summed E-state index contributed by atoms with van der Waals surface area (Å²) in [4.78, 5) is 0. The third-order valence-corrected chi connectivity index (χ3v) is 3.12. The molecular formula is C14H38. The first-order valence-electron chi connectivity index (χ1n) is 4.86. The molecule has 0 saturated heterocycles. The van der Waals surface area contributed by atoms with Crippen molar-refractivity contribution in [1.82, 2.24) is 0 Å². The van der Waals surface area contributed by atoms with Crippen LogP contribution in [0.25, 0.3) is 0 Å². The Bertz CT molecular complexity index is 71.3. The molecule has 0 radical (unpaired) electrons. The van der Waals surface area contributed by atoms with Gasteiger partial charge in [0, 0.05) is 1.43 Å². The average Bonchev–Trinajstić information content (AvgIpc) is 2.05. The van der Waals surface area contributed by atoms with Gasteiger partial charge in [0.05, 0.1) is 0 Å². The van der Waals surface area contributed by atoms with Gasteiger partial charge in [-0.1, -0.05) is 82.1 Å². The van der Waals surface area contributed by atoms with Gasteiger partial charge < -0.3 is 0 Å². The highest BCUT2D eigenvalue weighted by Gasteiger charge is 2.17. The van der Waals surface area contributed by atoms with Crippen LogP contribution in [0.15, 0.2) is 0 Å². The lowest BCUT2D eigenvalue weighted by atomic mass is 9.80. The van der Waals surface area contributed by atoms with Gasteiger partial charge in [0.2, 0.25) is 0 Å². The van der Waals surface area contributed by atoms with Gasteiger partial charge in [-0.3, -0.25) is 0 Å². The van der Waals surface area contributed by atoms with Gasteiger partial charge in [0.1, 0.15) is 0 Å². The molecule has 0 unspecified atom stereocenters. The van der Waals surface area contributed by atoms with Crippen LogP contribution in [0, 0.1) is 11.8 Å². The molecule has 1 saturated carbocycles. The number of hydrogen-bond acceptors (Lipinski definition) is 0. The highest BCUT2D eigenvalue weighted by Crippen LogP contribution is 2.31. The third-order valence-electron chi connectivity index (χ3n) is 3.12. The zero-order chi connectivity index (χ0) is 7.40. The van der Waals surface area contributed by atoms with E-state index in [9.17, 15) is 0 Å². The van der Waals surface area contributed by atoms with E-state index in [4.69, 9.17) is 0 Å². The Labute approximate surface area is 96.0 Å². The first kappa shape index (κ1) is 23.7. The predicted molar refractivity (Wildman–Crippen MR) is 75.1 cm³/mol. The van der Waals surface area contributed by atoms with Crippen LogP contribution in [0.3, 0.4) is 0 Å². The van der Waals surface area contributed by atoms with Crippen LogP contribution < -0.4 is 0 Å². The molecule has 0 aliphatic heterocycles. The SMILES string of the molecule is C.C.C.C.CCC1CCC(CC)CC1.[HH]. The largest absolute Gasteiger partial charge is 0.0776 e. The first-order chi connectivity index (χ1) is 4.86. The molecule has 0 spiro atoms. The van der Waals surface area contributed by atoms with Crippen molar-refractivity contribution in [2.45, 2.75) is 82.1 Å². The molecular weight excluding hydrogens is 168 g/mol. The second-order valence-electron chi connectivity index (χ2n) is 3.70. The van der Waals surface area contributed by atoms with Gasteiger partial charge in [-0.2, -0.15) is 0 Å². The summed E-state index contributed by atoms with van der Waals surface area (Å²) < 4.78 is 0. The van der Waals surface area contributed by atoms with Crippen molar-refractivity contribution in [3.8, 4) is 0 Å². The van der Waals surface area contributed by atoms with Crippen LogP contribution in [0.5, 0.6) is 0 Å². The molecule has 1 rings (SSSR count). The zero-order valence-corrected chi connectivity index (χ0v) is 7.40. The summed E-state index contributed by atoms with van der Waals surface area (Å²) in [5, 5.41) is 0.